The summed E-state index contributed by atoms with van der Waals surface area (Å²) >= 11 is 0. The highest BCUT2D eigenvalue weighted by atomic mass is 16.5. The van der Waals surface area contributed by atoms with Gasteiger partial charge in [0.1, 0.15) is 12.4 Å². The number of aromatic nitrogens is 2. The molecule has 26 heavy (non-hydrogen) atoms. The third-order valence-electron chi connectivity index (χ3n) is 4.41. The summed E-state index contributed by atoms with van der Waals surface area (Å²) in [7, 11) is 3.15. The molecule has 1 aliphatic rings. The Bertz CT molecular complexity index is 733. The molecule has 0 saturated carbocycles. The second-order valence-corrected chi connectivity index (χ2v) is 6.17. The van der Waals surface area contributed by atoms with Gasteiger partial charge in [-0.2, -0.15) is 4.98 Å². The lowest BCUT2D eigenvalue weighted by atomic mass is 10.1. The van der Waals surface area contributed by atoms with Crippen LogP contribution in [0, 0.1) is 0 Å². The molecule has 0 unspecified atom stereocenters. The van der Waals surface area contributed by atoms with Crippen LogP contribution in [0.4, 0.5) is 10.5 Å². The van der Waals surface area contributed by atoms with Crippen molar-refractivity contribution < 1.29 is 18.8 Å². The number of carbonyl (C=O) groups is 1. The van der Waals surface area contributed by atoms with Crippen molar-refractivity contribution in [3.63, 3.8) is 0 Å². The molecule has 2 aromatic rings. The van der Waals surface area contributed by atoms with E-state index in [1.54, 1.807) is 19.1 Å². The Balaban J connectivity index is 1.80. The molecule has 140 valence electrons. The van der Waals surface area contributed by atoms with E-state index in [4.69, 9.17) is 14.0 Å². The number of nitrogens with zero attached hydrogens (tertiary/aromatic N) is 3. The first-order valence-electron chi connectivity index (χ1n) is 8.75. The second-order valence-electron chi connectivity index (χ2n) is 6.17. The van der Waals surface area contributed by atoms with Gasteiger partial charge in [0.25, 0.3) is 5.89 Å². The normalized spacial score (nSPS) is 17.6. The van der Waals surface area contributed by atoms with E-state index in [9.17, 15) is 4.79 Å². The summed E-state index contributed by atoms with van der Waals surface area (Å²) in [6.45, 7) is 0.896. The molecule has 0 bridgehead atoms. The van der Waals surface area contributed by atoms with E-state index in [1.165, 1.54) is 0 Å². The number of urea groups is 1. The van der Waals surface area contributed by atoms with Gasteiger partial charge in [-0.05, 0) is 25.0 Å². The number of rotatable bonds is 5. The van der Waals surface area contributed by atoms with Crippen LogP contribution in [0.15, 0.2) is 28.8 Å². The van der Waals surface area contributed by atoms with Gasteiger partial charge in [-0.25, -0.2) is 4.79 Å². The molecule has 8 nitrogen and oxygen atoms in total. The zero-order chi connectivity index (χ0) is 18.4. The van der Waals surface area contributed by atoms with Gasteiger partial charge >= 0.3 is 6.03 Å². The Morgan fingerprint density at radius 3 is 2.96 bits per heavy atom. The lowest BCUT2D eigenvalue weighted by Crippen LogP contribution is -2.38. The summed E-state index contributed by atoms with van der Waals surface area (Å²) in [6, 6.07) is 6.93. The van der Waals surface area contributed by atoms with Gasteiger partial charge < -0.3 is 24.2 Å². The minimum atomic E-state index is -0.221. The number of amides is 2. The minimum absolute atomic E-state index is 0.195. The number of ether oxygens (including phenoxy) is 2. The number of likely N-dealkylation sites (tertiary alicyclic amines) is 1. The van der Waals surface area contributed by atoms with Crippen LogP contribution >= 0.6 is 0 Å². The van der Waals surface area contributed by atoms with Crippen LogP contribution in [-0.2, 0) is 11.3 Å². The summed E-state index contributed by atoms with van der Waals surface area (Å²) in [6.07, 6.45) is 3.82. The van der Waals surface area contributed by atoms with Crippen LogP contribution in [0.2, 0.25) is 0 Å². The molecular weight excluding hydrogens is 336 g/mol. The van der Waals surface area contributed by atoms with Crippen LogP contribution in [0.5, 0.6) is 5.75 Å². The maximum Gasteiger partial charge on any atom is 0.322 e. The summed E-state index contributed by atoms with van der Waals surface area (Å²) in [5, 5.41) is 7.00. The van der Waals surface area contributed by atoms with E-state index >= 15 is 0 Å². The molecule has 1 atom stereocenters. The third-order valence-corrected chi connectivity index (χ3v) is 4.41. The Morgan fingerprint density at radius 1 is 1.31 bits per heavy atom. The number of nitrogens with one attached hydrogen (secondary N) is 1. The van der Waals surface area contributed by atoms with E-state index in [0.717, 1.165) is 25.7 Å². The van der Waals surface area contributed by atoms with Crippen molar-refractivity contribution in [1.82, 2.24) is 15.0 Å². The molecule has 1 fully saturated rings. The molecule has 2 heterocycles. The fourth-order valence-corrected chi connectivity index (χ4v) is 3.14. The van der Waals surface area contributed by atoms with Crippen molar-refractivity contribution >= 4 is 11.7 Å². The summed E-state index contributed by atoms with van der Waals surface area (Å²) in [5.41, 5.74) is 0.635. The number of hydrogen-bond donors (Lipinski definition) is 1. The lowest BCUT2D eigenvalue weighted by molar-refractivity contribution is 0.151. The Kier molecular flexibility index (Phi) is 6.06. The Labute approximate surface area is 152 Å². The average molecular weight is 360 g/mol. The van der Waals surface area contributed by atoms with Gasteiger partial charge in [0, 0.05) is 13.7 Å². The molecule has 2 amide bonds. The zero-order valence-electron chi connectivity index (χ0n) is 15.1. The fraction of sp³-hybridized carbons (Fsp3) is 0.500. The van der Waals surface area contributed by atoms with E-state index in [1.807, 2.05) is 24.3 Å². The van der Waals surface area contributed by atoms with Gasteiger partial charge in [0.2, 0.25) is 0 Å². The van der Waals surface area contributed by atoms with Gasteiger partial charge in [-0.15, -0.1) is 0 Å². The Morgan fingerprint density at radius 2 is 2.15 bits per heavy atom. The lowest BCUT2D eigenvalue weighted by Gasteiger charge is -2.28. The topological polar surface area (TPSA) is 89.7 Å². The first kappa shape index (κ1) is 18.2. The van der Waals surface area contributed by atoms with Gasteiger partial charge in [0.05, 0.1) is 18.8 Å². The van der Waals surface area contributed by atoms with Gasteiger partial charge in [-0.1, -0.05) is 30.1 Å². The van der Waals surface area contributed by atoms with Crippen LogP contribution in [0.3, 0.4) is 0 Å². The second kappa shape index (κ2) is 8.66. The number of benzene rings is 1. The van der Waals surface area contributed by atoms with Crippen LogP contribution < -0.4 is 10.1 Å². The predicted octanol–water partition coefficient (Wildman–Crippen LogP) is 3.37. The number of carbonyl (C=O) groups excluding carboxylic acids is 1. The smallest absolute Gasteiger partial charge is 0.322 e. The summed E-state index contributed by atoms with van der Waals surface area (Å²) in [5.74, 6) is 1.56. The summed E-state index contributed by atoms with van der Waals surface area (Å²) < 4.78 is 15.6. The average Bonchev–Trinajstić information content (AvgIpc) is 2.97. The van der Waals surface area contributed by atoms with Crippen molar-refractivity contribution in [3.05, 3.63) is 36.0 Å². The molecule has 1 aliphatic heterocycles. The zero-order valence-corrected chi connectivity index (χ0v) is 15.1. The highest BCUT2D eigenvalue weighted by molar-refractivity contribution is 5.91. The maximum absolute atomic E-state index is 13.0. The summed E-state index contributed by atoms with van der Waals surface area (Å²) in [4.78, 5) is 19.1. The minimum Gasteiger partial charge on any atom is -0.495 e. The molecule has 8 heteroatoms. The van der Waals surface area contributed by atoms with E-state index in [2.05, 4.69) is 15.5 Å². The molecule has 1 aromatic carbocycles. The van der Waals surface area contributed by atoms with E-state index in [-0.39, 0.29) is 18.7 Å². The van der Waals surface area contributed by atoms with Crippen molar-refractivity contribution in [2.24, 2.45) is 0 Å². The molecule has 0 radical (unpaired) electrons. The van der Waals surface area contributed by atoms with Crippen molar-refractivity contribution in [2.75, 3.05) is 26.1 Å². The monoisotopic (exact) mass is 360 g/mol. The molecule has 1 N–H and O–H groups in total. The molecule has 3 rings (SSSR count). The molecule has 1 saturated heterocycles. The van der Waals surface area contributed by atoms with Crippen molar-refractivity contribution in [2.45, 2.75) is 38.3 Å². The Hall–Kier alpha value is -2.61. The first-order valence-corrected chi connectivity index (χ1v) is 8.75. The molecule has 0 spiro atoms. The maximum atomic E-state index is 13.0. The van der Waals surface area contributed by atoms with Crippen LogP contribution in [-0.4, -0.2) is 41.8 Å². The van der Waals surface area contributed by atoms with Gasteiger partial charge in [0.15, 0.2) is 5.82 Å². The molecular formula is C18H24N4O4. The van der Waals surface area contributed by atoms with E-state index < -0.39 is 0 Å². The number of anilines is 1. The standard InChI is InChI=1S/C18H24N4O4/c1-24-12-16-20-17(21-26-16)14-9-4-3-7-11-22(14)18(23)19-13-8-5-6-10-15(13)25-2/h5-6,8,10,14H,3-4,7,9,11-12H2,1-2H3,(H,19,23)/t14-/m0/s1. The largest absolute Gasteiger partial charge is 0.495 e. The SMILES string of the molecule is COCc1nc([C@@H]2CCCCCN2C(=O)Nc2ccccc2OC)no1. The molecule has 0 aliphatic carbocycles. The van der Waals surface area contributed by atoms with Crippen LogP contribution in [0.1, 0.15) is 43.4 Å². The number of hydrogen-bond acceptors (Lipinski definition) is 6. The highest BCUT2D eigenvalue weighted by Gasteiger charge is 2.30. The molecule has 1 aromatic heterocycles. The van der Waals surface area contributed by atoms with Crippen molar-refractivity contribution in [3.8, 4) is 5.75 Å². The fourth-order valence-electron chi connectivity index (χ4n) is 3.14. The third kappa shape index (κ3) is 4.13. The van der Waals surface area contributed by atoms with Gasteiger partial charge in [-0.3, -0.25) is 0 Å². The predicted molar refractivity (Wildman–Crippen MR) is 94.9 cm³/mol. The van der Waals surface area contributed by atoms with E-state index in [0.29, 0.717) is 29.7 Å². The highest BCUT2D eigenvalue weighted by Crippen LogP contribution is 2.30. The number of methoxy groups -OCH3 is 2. The van der Waals surface area contributed by atoms with Crippen LogP contribution in [0.25, 0.3) is 0 Å². The first-order chi connectivity index (χ1) is 12.7. The van der Waals surface area contributed by atoms with Crippen molar-refractivity contribution in [1.29, 1.82) is 0 Å². The number of para-hydroxylation sites is 2. The quantitative estimate of drug-likeness (QED) is 0.879.